The van der Waals surface area contributed by atoms with Gasteiger partial charge >= 0.3 is 6.61 Å². The number of nitrogens with one attached hydrogen (secondary N) is 1. The molecule has 1 N–H and O–H groups in total. The molecular formula is C17H15F2N3O3S. The van der Waals surface area contributed by atoms with E-state index in [4.69, 9.17) is 0 Å². The molecule has 0 saturated heterocycles. The lowest BCUT2D eigenvalue weighted by molar-refractivity contribution is -0.121. The standard InChI is InChI=1S/C17H15F2N3O3S/c18-17(19)25-12-3-1-11(2-4-12)9-20-14(23)5-7-22-10-21-15-13(16(22)24)6-8-26-15/h1-4,6,8,10,17H,5,7,9H2,(H,20,23). The van der Waals surface area contributed by atoms with Crippen LogP contribution < -0.4 is 15.6 Å². The number of alkyl halides is 2. The van der Waals surface area contributed by atoms with Crippen LogP contribution in [0.3, 0.4) is 0 Å². The summed E-state index contributed by atoms with van der Waals surface area (Å²) in [6.45, 7) is -2.39. The number of aromatic nitrogens is 2. The Hall–Kier alpha value is -2.81. The number of rotatable bonds is 7. The predicted molar refractivity (Wildman–Crippen MR) is 93.4 cm³/mol. The van der Waals surface area contributed by atoms with Crippen LogP contribution in [0.15, 0.2) is 46.8 Å². The minimum absolute atomic E-state index is 0.0609. The number of carbonyl (C=O) groups excluding carboxylic acids is 1. The van der Waals surface area contributed by atoms with Gasteiger partial charge in [0.25, 0.3) is 5.56 Å². The van der Waals surface area contributed by atoms with Gasteiger partial charge in [0.05, 0.1) is 11.7 Å². The summed E-state index contributed by atoms with van der Waals surface area (Å²) in [5.74, 6) is -0.166. The largest absolute Gasteiger partial charge is 0.435 e. The fourth-order valence-corrected chi connectivity index (χ4v) is 3.08. The van der Waals surface area contributed by atoms with Gasteiger partial charge in [-0.3, -0.25) is 14.2 Å². The average molecular weight is 379 g/mol. The van der Waals surface area contributed by atoms with Gasteiger partial charge in [-0.05, 0) is 29.1 Å². The second-order valence-corrected chi connectivity index (χ2v) is 6.33. The molecule has 2 heterocycles. The van der Waals surface area contributed by atoms with Crippen molar-refractivity contribution in [3.05, 3.63) is 58.0 Å². The molecule has 26 heavy (non-hydrogen) atoms. The van der Waals surface area contributed by atoms with Gasteiger partial charge in [0.2, 0.25) is 5.91 Å². The maximum atomic E-state index is 12.2. The van der Waals surface area contributed by atoms with Crippen molar-refractivity contribution in [1.29, 1.82) is 0 Å². The van der Waals surface area contributed by atoms with Crippen LogP contribution in [0.5, 0.6) is 5.75 Å². The molecule has 0 bridgehead atoms. The molecule has 1 amide bonds. The topological polar surface area (TPSA) is 73.2 Å². The van der Waals surface area contributed by atoms with E-state index in [1.807, 2.05) is 0 Å². The van der Waals surface area contributed by atoms with E-state index in [1.54, 1.807) is 23.6 Å². The van der Waals surface area contributed by atoms with E-state index in [0.29, 0.717) is 10.2 Å². The molecule has 2 aromatic heterocycles. The maximum Gasteiger partial charge on any atom is 0.387 e. The number of thiophene rings is 1. The highest BCUT2D eigenvalue weighted by molar-refractivity contribution is 7.16. The van der Waals surface area contributed by atoms with Crippen LogP contribution >= 0.6 is 11.3 Å². The number of aryl methyl sites for hydroxylation is 1. The highest BCUT2D eigenvalue weighted by Crippen LogP contribution is 2.15. The second kappa shape index (κ2) is 8.05. The summed E-state index contributed by atoms with van der Waals surface area (Å²) in [7, 11) is 0. The molecular weight excluding hydrogens is 364 g/mol. The summed E-state index contributed by atoms with van der Waals surface area (Å²) in [4.78, 5) is 29.0. The van der Waals surface area contributed by atoms with Crippen molar-refractivity contribution < 1.29 is 18.3 Å². The summed E-state index contributed by atoms with van der Waals surface area (Å²) in [5.41, 5.74) is 0.581. The molecule has 0 spiro atoms. The smallest absolute Gasteiger partial charge is 0.387 e. The minimum Gasteiger partial charge on any atom is -0.435 e. The highest BCUT2D eigenvalue weighted by Gasteiger charge is 2.08. The molecule has 9 heteroatoms. The Balaban J connectivity index is 1.51. The van der Waals surface area contributed by atoms with Gasteiger partial charge in [-0.2, -0.15) is 8.78 Å². The molecule has 0 radical (unpaired) electrons. The fraction of sp³-hybridized carbons (Fsp3) is 0.235. The van der Waals surface area contributed by atoms with Crippen molar-refractivity contribution in [1.82, 2.24) is 14.9 Å². The van der Waals surface area contributed by atoms with Gasteiger partial charge in [0, 0.05) is 19.5 Å². The summed E-state index contributed by atoms with van der Waals surface area (Å²) >= 11 is 1.39. The van der Waals surface area contributed by atoms with E-state index in [-0.39, 0.29) is 36.7 Å². The third-order valence-corrected chi connectivity index (χ3v) is 4.49. The number of carbonyl (C=O) groups is 1. The normalized spacial score (nSPS) is 11.0. The summed E-state index contributed by atoms with van der Waals surface area (Å²) in [6, 6.07) is 7.73. The van der Waals surface area contributed by atoms with Crippen LogP contribution in [0.1, 0.15) is 12.0 Å². The van der Waals surface area contributed by atoms with E-state index in [2.05, 4.69) is 15.0 Å². The van der Waals surface area contributed by atoms with Crippen molar-refractivity contribution >= 4 is 27.5 Å². The lowest BCUT2D eigenvalue weighted by Crippen LogP contribution is -2.27. The monoisotopic (exact) mass is 379 g/mol. The third kappa shape index (κ3) is 4.42. The molecule has 0 aliphatic heterocycles. The highest BCUT2D eigenvalue weighted by atomic mass is 32.1. The summed E-state index contributed by atoms with van der Waals surface area (Å²) in [6.07, 6.45) is 1.57. The molecule has 136 valence electrons. The SMILES string of the molecule is O=C(CCn1cnc2sccc2c1=O)NCc1ccc(OC(F)F)cc1. The van der Waals surface area contributed by atoms with Crippen molar-refractivity contribution in [2.24, 2.45) is 0 Å². The van der Waals surface area contributed by atoms with Crippen LogP contribution in [0, 0.1) is 0 Å². The Labute approximate surface area is 151 Å². The first kappa shape index (κ1) is 18.0. The molecule has 0 saturated carbocycles. The average Bonchev–Trinajstić information content (AvgIpc) is 3.10. The van der Waals surface area contributed by atoms with Crippen LogP contribution in [0.25, 0.3) is 10.2 Å². The van der Waals surface area contributed by atoms with E-state index in [0.717, 1.165) is 5.56 Å². The zero-order valence-corrected chi connectivity index (χ0v) is 14.3. The lowest BCUT2D eigenvalue weighted by Gasteiger charge is -2.08. The minimum atomic E-state index is -2.87. The number of fused-ring (bicyclic) bond motifs is 1. The van der Waals surface area contributed by atoms with Crippen molar-refractivity contribution in [2.75, 3.05) is 0 Å². The first-order valence-corrected chi connectivity index (χ1v) is 8.64. The van der Waals surface area contributed by atoms with Crippen molar-refractivity contribution in [2.45, 2.75) is 26.1 Å². The second-order valence-electron chi connectivity index (χ2n) is 5.43. The number of benzene rings is 1. The third-order valence-electron chi connectivity index (χ3n) is 3.67. The van der Waals surface area contributed by atoms with Crippen LogP contribution in [0.2, 0.25) is 0 Å². The van der Waals surface area contributed by atoms with Crippen LogP contribution in [0.4, 0.5) is 8.78 Å². The Kier molecular flexibility index (Phi) is 5.57. The quantitative estimate of drug-likeness (QED) is 0.685. The predicted octanol–water partition coefficient (Wildman–Crippen LogP) is 2.77. The number of hydrogen-bond donors (Lipinski definition) is 1. The van der Waals surface area contributed by atoms with Gasteiger partial charge in [0.1, 0.15) is 10.6 Å². The number of nitrogens with zero attached hydrogens (tertiary/aromatic N) is 2. The molecule has 0 unspecified atom stereocenters. The van der Waals surface area contributed by atoms with Crippen LogP contribution in [-0.4, -0.2) is 22.1 Å². The first-order chi connectivity index (χ1) is 12.5. The summed E-state index contributed by atoms with van der Waals surface area (Å²) < 4.78 is 29.8. The first-order valence-electron chi connectivity index (χ1n) is 7.76. The molecule has 0 aliphatic rings. The summed E-state index contributed by atoms with van der Waals surface area (Å²) in [5, 5.41) is 5.06. The zero-order valence-electron chi connectivity index (χ0n) is 13.5. The van der Waals surface area contributed by atoms with Gasteiger partial charge < -0.3 is 10.1 Å². The number of ether oxygens (including phenoxy) is 1. The van der Waals surface area contributed by atoms with E-state index >= 15 is 0 Å². The Morgan fingerprint density at radius 2 is 2.04 bits per heavy atom. The van der Waals surface area contributed by atoms with Gasteiger partial charge in [0.15, 0.2) is 0 Å². The molecule has 0 fully saturated rings. The number of hydrogen-bond acceptors (Lipinski definition) is 5. The maximum absolute atomic E-state index is 12.2. The zero-order chi connectivity index (χ0) is 18.5. The van der Waals surface area contributed by atoms with Crippen LogP contribution in [-0.2, 0) is 17.9 Å². The molecule has 1 aromatic carbocycles. The van der Waals surface area contributed by atoms with E-state index < -0.39 is 6.61 Å². The van der Waals surface area contributed by atoms with E-state index in [9.17, 15) is 18.4 Å². The van der Waals surface area contributed by atoms with Gasteiger partial charge in [-0.25, -0.2) is 4.98 Å². The molecule has 3 aromatic rings. The molecule has 0 atom stereocenters. The number of halogens is 2. The van der Waals surface area contributed by atoms with Gasteiger partial charge in [-0.1, -0.05) is 12.1 Å². The molecule has 6 nitrogen and oxygen atoms in total. The number of amides is 1. The molecule has 0 aliphatic carbocycles. The van der Waals surface area contributed by atoms with E-state index in [1.165, 1.54) is 34.4 Å². The van der Waals surface area contributed by atoms with Gasteiger partial charge in [-0.15, -0.1) is 11.3 Å². The Morgan fingerprint density at radius 3 is 2.77 bits per heavy atom. The Morgan fingerprint density at radius 1 is 1.27 bits per heavy atom. The van der Waals surface area contributed by atoms with Crippen molar-refractivity contribution in [3.63, 3.8) is 0 Å². The Bertz CT molecular complexity index is 954. The fourth-order valence-electron chi connectivity index (χ4n) is 2.35. The van der Waals surface area contributed by atoms with Crippen molar-refractivity contribution in [3.8, 4) is 5.75 Å². The lowest BCUT2D eigenvalue weighted by atomic mass is 10.2. The molecule has 3 rings (SSSR count).